The Morgan fingerprint density at radius 3 is 2.58 bits per heavy atom. The lowest BCUT2D eigenvalue weighted by Crippen LogP contribution is -2.43. The third kappa shape index (κ3) is 5.05. The highest BCUT2D eigenvalue weighted by Crippen LogP contribution is 2.20. The van der Waals surface area contributed by atoms with E-state index >= 15 is 0 Å². The van der Waals surface area contributed by atoms with E-state index in [1.54, 1.807) is 18.3 Å². The van der Waals surface area contributed by atoms with Crippen LogP contribution in [0.5, 0.6) is 5.75 Å². The normalized spacial score (nSPS) is 14.7. The molecule has 0 bridgehead atoms. The van der Waals surface area contributed by atoms with E-state index < -0.39 is 0 Å². The van der Waals surface area contributed by atoms with Crippen LogP contribution in [0.25, 0.3) is 5.65 Å². The first-order chi connectivity index (χ1) is 15.0. The molecule has 162 valence electrons. The number of amides is 2. The van der Waals surface area contributed by atoms with Crippen molar-refractivity contribution in [2.24, 2.45) is 5.92 Å². The van der Waals surface area contributed by atoms with Crippen molar-refractivity contribution in [3.8, 4) is 5.75 Å². The Balaban J connectivity index is 1.27. The van der Waals surface area contributed by atoms with Gasteiger partial charge in [-0.05, 0) is 35.9 Å². The molecule has 1 aromatic carbocycles. The highest BCUT2D eigenvalue weighted by Gasteiger charge is 2.25. The number of imidazole rings is 1. The van der Waals surface area contributed by atoms with E-state index in [0.717, 1.165) is 42.9 Å². The number of hydrogen-bond acceptors (Lipinski definition) is 4. The predicted octanol–water partition coefficient (Wildman–Crippen LogP) is 3.29. The number of pyridine rings is 1. The first-order valence-corrected chi connectivity index (χ1v) is 10.7. The van der Waals surface area contributed by atoms with Gasteiger partial charge in [0.15, 0.2) is 0 Å². The number of rotatable bonds is 6. The second-order valence-corrected chi connectivity index (χ2v) is 8.23. The van der Waals surface area contributed by atoms with Crippen molar-refractivity contribution in [3.05, 3.63) is 66.1 Å². The summed E-state index contributed by atoms with van der Waals surface area (Å²) in [5.41, 5.74) is 2.47. The van der Waals surface area contributed by atoms with E-state index in [1.807, 2.05) is 59.8 Å². The summed E-state index contributed by atoms with van der Waals surface area (Å²) in [6.07, 6.45) is 7.32. The zero-order chi connectivity index (χ0) is 21.8. The highest BCUT2D eigenvalue weighted by atomic mass is 16.5. The fourth-order valence-corrected chi connectivity index (χ4v) is 3.79. The van der Waals surface area contributed by atoms with E-state index in [4.69, 9.17) is 4.74 Å². The summed E-state index contributed by atoms with van der Waals surface area (Å²) < 4.78 is 7.99. The van der Waals surface area contributed by atoms with Gasteiger partial charge in [0.25, 0.3) is 5.91 Å². The number of likely N-dealkylation sites (tertiary alicyclic amines) is 1. The number of nitrogens with one attached hydrogen (secondary N) is 1. The van der Waals surface area contributed by atoms with Crippen molar-refractivity contribution >= 4 is 17.5 Å². The molecule has 2 aromatic heterocycles. The van der Waals surface area contributed by atoms with Crippen LogP contribution in [0.3, 0.4) is 0 Å². The van der Waals surface area contributed by atoms with Crippen LogP contribution in [-0.4, -0.2) is 45.3 Å². The van der Waals surface area contributed by atoms with Crippen molar-refractivity contribution < 1.29 is 14.3 Å². The summed E-state index contributed by atoms with van der Waals surface area (Å²) in [5.74, 6) is 0.859. The Labute approximate surface area is 182 Å². The SMILES string of the molecule is CC(C)C(=O)N1CCC(Oc2ccc(C(=O)NCc3ccc4nccn4c3)cc2)CC1. The number of hydrogen-bond donors (Lipinski definition) is 1. The zero-order valence-electron chi connectivity index (χ0n) is 18.0. The molecule has 1 aliphatic heterocycles. The predicted molar refractivity (Wildman–Crippen MR) is 118 cm³/mol. The smallest absolute Gasteiger partial charge is 0.251 e. The van der Waals surface area contributed by atoms with E-state index in [1.165, 1.54) is 0 Å². The summed E-state index contributed by atoms with van der Waals surface area (Å²) in [6, 6.07) is 11.1. The Kier molecular flexibility index (Phi) is 6.21. The number of carbonyl (C=O) groups is 2. The van der Waals surface area contributed by atoms with Crippen molar-refractivity contribution in [2.75, 3.05) is 13.1 Å². The summed E-state index contributed by atoms with van der Waals surface area (Å²) >= 11 is 0. The summed E-state index contributed by atoms with van der Waals surface area (Å²) in [4.78, 5) is 30.7. The molecule has 0 unspecified atom stereocenters. The van der Waals surface area contributed by atoms with Crippen molar-refractivity contribution in [2.45, 2.75) is 39.3 Å². The van der Waals surface area contributed by atoms with Gasteiger partial charge in [0, 0.05) is 62.5 Å². The lowest BCUT2D eigenvalue weighted by Gasteiger charge is -2.33. The van der Waals surface area contributed by atoms with Gasteiger partial charge in [-0.1, -0.05) is 19.9 Å². The minimum absolute atomic E-state index is 0.0324. The molecule has 0 spiro atoms. The zero-order valence-corrected chi connectivity index (χ0v) is 18.0. The van der Waals surface area contributed by atoms with Crippen LogP contribution in [0.1, 0.15) is 42.6 Å². The molecule has 1 fully saturated rings. The maximum atomic E-state index is 12.5. The number of fused-ring (bicyclic) bond motifs is 1. The quantitative estimate of drug-likeness (QED) is 0.664. The summed E-state index contributed by atoms with van der Waals surface area (Å²) in [5, 5.41) is 2.95. The average Bonchev–Trinajstić information content (AvgIpc) is 3.26. The van der Waals surface area contributed by atoms with Gasteiger partial charge in [-0.15, -0.1) is 0 Å². The Bertz CT molecular complexity index is 1050. The molecule has 31 heavy (non-hydrogen) atoms. The third-order valence-corrected chi connectivity index (χ3v) is 5.57. The molecular weight excluding hydrogens is 392 g/mol. The van der Waals surface area contributed by atoms with Crippen molar-refractivity contribution in [3.63, 3.8) is 0 Å². The highest BCUT2D eigenvalue weighted by molar-refractivity contribution is 5.94. The van der Waals surface area contributed by atoms with Crippen LogP contribution in [0.4, 0.5) is 0 Å². The van der Waals surface area contributed by atoms with E-state index in [2.05, 4.69) is 10.3 Å². The van der Waals surface area contributed by atoms with Crippen molar-refractivity contribution in [1.82, 2.24) is 19.6 Å². The van der Waals surface area contributed by atoms with Crippen LogP contribution in [0.2, 0.25) is 0 Å². The van der Waals surface area contributed by atoms with Crippen molar-refractivity contribution in [1.29, 1.82) is 0 Å². The average molecular weight is 421 g/mol. The monoisotopic (exact) mass is 420 g/mol. The van der Waals surface area contributed by atoms with Crippen LogP contribution in [0.15, 0.2) is 55.0 Å². The molecule has 7 nitrogen and oxygen atoms in total. The lowest BCUT2D eigenvalue weighted by atomic mass is 10.1. The van der Waals surface area contributed by atoms with Gasteiger partial charge in [0.05, 0.1) is 0 Å². The van der Waals surface area contributed by atoms with Gasteiger partial charge in [-0.25, -0.2) is 4.98 Å². The minimum Gasteiger partial charge on any atom is -0.490 e. The maximum absolute atomic E-state index is 12.5. The minimum atomic E-state index is -0.127. The number of piperidine rings is 1. The molecule has 3 aromatic rings. The second kappa shape index (κ2) is 9.20. The molecule has 0 radical (unpaired) electrons. The van der Waals surface area contributed by atoms with Crippen LogP contribution < -0.4 is 10.1 Å². The van der Waals surface area contributed by atoms with Gasteiger partial charge in [0.2, 0.25) is 5.91 Å². The number of aromatic nitrogens is 2. The molecule has 0 saturated carbocycles. The first kappa shape index (κ1) is 20.9. The Morgan fingerprint density at radius 2 is 1.87 bits per heavy atom. The van der Waals surface area contributed by atoms with E-state index in [-0.39, 0.29) is 23.8 Å². The fourth-order valence-electron chi connectivity index (χ4n) is 3.79. The van der Waals surface area contributed by atoms with Gasteiger partial charge >= 0.3 is 0 Å². The number of ether oxygens (including phenoxy) is 1. The molecule has 1 aliphatic rings. The van der Waals surface area contributed by atoms with Gasteiger partial charge in [-0.2, -0.15) is 0 Å². The fraction of sp³-hybridized carbons (Fsp3) is 0.375. The molecule has 4 rings (SSSR count). The van der Waals surface area contributed by atoms with Gasteiger partial charge in [-0.3, -0.25) is 9.59 Å². The van der Waals surface area contributed by atoms with Crippen LogP contribution >= 0.6 is 0 Å². The molecular formula is C24H28N4O3. The molecule has 1 saturated heterocycles. The summed E-state index contributed by atoms with van der Waals surface area (Å²) in [6.45, 7) is 5.76. The molecule has 0 aliphatic carbocycles. The number of nitrogens with zero attached hydrogens (tertiary/aromatic N) is 3. The number of carbonyl (C=O) groups excluding carboxylic acids is 2. The molecule has 0 atom stereocenters. The van der Waals surface area contributed by atoms with E-state index in [0.29, 0.717) is 12.1 Å². The first-order valence-electron chi connectivity index (χ1n) is 10.7. The van der Waals surface area contributed by atoms with Gasteiger partial charge < -0.3 is 19.4 Å². The lowest BCUT2D eigenvalue weighted by molar-refractivity contribution is -0.136. The Hall–Kier alpha value is -3.35. The second-order valence-electron chi connectivity index (χ2n) is 8.23. The third-order valence-electron chi connectivity index (χ3n) is 5.57. The Morgan fingerprint density at radius 1 is 1.13 bits per heavy atom. The van der Waals surface area contributed by atoms with Gasteiger partial charge in [0.1, 0.15) is 17.5 Å². The number of benzene rings is 1. The van der Waals surface area contributed by atoms with Crippen LogP contribution in [-0.2, 0) is 11.3 Å². The molecule has 7 heteroatoms. The largest absolute Gasteiger partial charge is 0.490 e. The van der Waals surface area contributed by atoms with E-state index in [9.17, 15) is 9.59 Å². The summed E-state index contributed by atoms with van der Waals surface area (Å²) in [7, 11) is 0. The molecule has 1 N–H and O–H groups in total. The standard InChI is InChI=1S/C24H28N4O3/c1-17(2)24(30)27-12-9-21(10-13-27)31-20-6-4-19(5-7-20)23(29)26-15-18-3-8-22-25-11-14-28(22)16-18/h3-8,11,14,16-17,21H,9-10,12-13,15H2,1-2H3,(H,26,29). The maximum Gasteiger partial charge on any atom is 0.251 e. The van der Waals surface area contributed by atoms with Crippen LogP contribution in [0, 0.1) is 5.92 Å². The molecule has 3 heterocycles. The topological polar surface area (TPSA) is 75.9 Å². The molecule has 2 amide bonds.